The van der Waals surface area contributed by atoms with E-state index in [-0.39, 0.29) is 18.5 Å². The summed E-state index contributed by atoms with van der Waals surface area (Å²) in [7, 11) is 0. The summed E-state index contributed by atoms with van der Waals surface area (Å²) in [6, 6.07) is 7.30. The number of hydrogen-bond donors (Lipinski definition) is 3. The lowest BCUT2D eigenvalue weighted by molar-refractivity contribution is -0.119. The highest BCUT2D eigenvalue weighted by molar-refractivity contribution is 9.10. The minimum Gasteiger partial charge on any atom is -0.334 e. The Kier molecular flexibility index (Phi) is 6.97. The van der Waals surface area contributed by atoms with Crippen molar-refractivity contribution in [3.63, 3.8) is 0 Å². The maximum absolute atomic E-state index is 11.5. The Balaban J connectivity index is 2.37. The van der Waals surface area contributed by atoms with Gasteiger partial charge in [-0.1, -0.05) is 34.1 Å². The molecule has 20 heavy (non-hydrogen) atoms. The molecule has 0 unspecified atom stereocenters. The lowest BCUT2D eigenvalue weighted by Crippen LogP contribution is -2.43. The molecule has 0 bridgehead atoms. The predicted molar refractivity (Wildman–Crippen MR) is 82.3 cm³/mol. The molecule has 1 rings (SSSR count). The van der Waals surface area contributed by atoms with Gasteiger partial charge >= 0.3 is 6.03 Å². The molecule has 6 heteroatoms. The topological polar surface area (TPSA) is 70.2 Å². The number of halogens is 1. The van der Waals surface area contributed by atoms with Crippen molar-refractivity contribution in [1.29, 1.82) is 0 Å². The molecule has 5 nitrogen and oxygen atoms in total. The van der Waals surface area contributed by atoms with Crippen LogP contribution in [0, 0.1) is 0 Å². The number of nitrogens with one attached hydrogen (secondary N) is 3. The monoisotopic (exact) mass is 339 g/mol. The summed E-state index contributed by atoms with van der Waals surface area (Å²) in [4.78, 5) is 22.8. The molecule has 3 N–H and O–H groups in total. The van der Waals surface area contributed by atoms with E-state index >= 15 is 0 Å². The second kappa shape index (κ2) is 8.50. The maximum Gasteiger partial charge on any atom is 0.321 e. The Labute approximate surface area is 127 Å². The van der Waals surface area contributed by atoms with Crippen molar-refractivity contribution in [1.82, 2.24) is 16.0 Å². The molecule has 0 fully saturated rings. The van der Waals surface area contributed by atoms with E-state index < -0.39 is 6.03 Å². The molecule has 0 aliphatic heterocycles. The van der Waals surface area contributed by atoms with Crippen LogP contribution in [0.5, 0.6) is 0 Å². The molecule has 0 saturated carbocycles. The van der Waals surface area contributed by atoms with Crippen LogP contribution in [0.3, 0.4) is 0 Å². The van der Waals surface area contributed by atoms with E-state index in [1.165, 1.54) is 6.08 Å². The minimum atomic E-state index is -0.521. The molecule has 0 heterocycles. The van der Waals surface area contributed by atoms with Gasteiger partial charge in [0.1, 0.15) is 0 Å². The number of rotatable bonds is 6. The largest absolute Gasteiger partial charge is 0.334 e. The molecule has 0 spiro atoms. The second-order valence-electron chi connectivity index (χ2n) is 4.20. The summed E-state index contributed by atoms with van der Waals surface area (Å²) < 4.78 is 0.983. The first kappa shape index (κ1) is 16.4. The predicted octanol–water partition coefficient (Wildman–Crippen LogP) is 2.11. The molecule has 0 aliphatic rings. The van der Waals surface area contributed by atoms with Crippen molar-refractivity contribution in [2.45, 2.75) is 13.0 Å². The van der Waals surface area contributed by atoms with Gasteiger partial charge in [0.25, 0.3) is 0 Å². The zero-order chi connectivity index (χ0) is 15.0. The molecule has 108 valence electrons. The first-order valence-electron chi connectivity index (χ1n) is 6.20. The van der Waals surface area contributed by atoms with E-state index in [0.717, 1.165) is 10.0 Å². The van der Waals surface area contributed by atoms with Gasteiger partial charge in [-0.3, -0.25) is 10.1 Å². The van der Waals surface area contributed by atoms with Gasteiger partial charge in [-0.15, -0.1) is 6.58 Å². The summed E-state index contributed by atoms with van der Waals surface area (Å²) in [5, 5.41) is 7.75. The van der Waals surface area contributed by atoms with Crippen LogP contribution in [-0.4, -0.2) is 25.0 Å². The number of hydrogen-bond acceptors (Lipinski definition) is 3. The van der Waals surface area contributed by atoms with Crippen molar-refractivity contribution in [3.8, 4) is 0 Å². The van der Waals surface area contributed by atoms with E-state index in [4.69, 9.17) is 0 Å². The highest BCUT2D eigenvalue weighted by atomic mass is 79.9. The highest BCUT2D eigenvalue weighted by Crippen LogP contribution is 2.17. The van der Waals surface area contributed by atoms with Gasteiger partial charge in [0.15, 0.2) is 0 Å². The van der Waals surface area contributed by atoms with Crippen LogP contribution in [0.25, 0.3) is 0 Å². The first-order valence-corrected chi connectivity index (χ1v) is 6.99. The molecule has 1 atom stereocenters. The lowest BCUT2D eigenvalue weighted by atomic mass is 10.1. The Morgan fingerprint density at radius 2 is 2.20 bits per heavy atom. The number of carbonyl (C=O) groups excluding carboxylic acids is 2. The summed E-state index contributed by atoms with van der Waals surface area (Å²) in [6.45, 7) is 5.80. The highest BCUT2D eigenvalue weighted by Gasteiger charge is 2.10. The zero-order valence-corrected chi connectivity index (χ0v) is 12.9. The van der Waals surface area contributed by atoms with Gasteiger partial charge in [0.2, 0.25) is 5.91 Å². The number of carbonyl (C=O) groups is 2. The van der Waals surface area contributed by atoms with E-state index in [1.807, 2.05) is 31.2 Å². The smallest absolute Gasteiger partial charge is 0.321 e. The van der Waals surface area contributed by atoms with Crippen LogP contribution in [-0.2, 0) is 4.79 Å². The second-order valence-corrected chi connectivity index (χ2v) is 5.12. The average Bonchev–Trinajstić information content (AvgIpc) is 2.42. The molecule has 0 aromatic heterocycles. The zero-order valence-electron chi connectivity index (χ0n) is 11.3. The standard InChI is InChI=1S/C14H18BrN3O2/c1-3-7-16-14(20)18-13(19)9-17-10(2)11-5-4-6-12(15)8-11/h3-6,8,10,17H,1,7,9H2,2H3,(H2,16,18,19,20)/t10-/m0/s1. The molecule has 1 aromatic rings. The third-order valence-electron chi connectivity index (χ3n) is 2.58. The van der Waals surface area contributed by atoms with Crippen molar-refractivity contribution in [3.05, 3.63) is 47.0 Å². The molecule has 3 amide bonds. The third-order valence-corrected chi connectivity index (χ3v) is 3.07. The van der Waals surface area contributed by atoms with Crippen molar-refractivity contribution < 1.29 is 9.59 Å². The fourth-order valence-corrected chi connectivity index (χ4v) is 1.94. The number of benzene rings is 1. The van der Waals surface area contributed by atoms with Crippen LogP contribution in [0.1, 0.15) is 18.5 Å². The van der Waals surface area contributed by atoms with Gasteiger partial charge in [0.05, 0.1) is 6.54 Å². The van der Waals surface area contributed by atoms with E-state index in [0.29, 0.717) is 6.54 Å². The first-order chi connectivity index (χ1) is 9.52. The normalized spacial score (nSPS) is 11.5. The number of amides is 3. The van der Waals surface area contributed by atoms with Crippen molar-refractivity contribution in [2.24, 2.45) is 0 Å². The molecular formula is C14H18BrN3O2. The molecule has 0 aliphatic carbocycles. The molecular weight excluding hydrogens is 322 g/mol. The molecule has 1 aromatic carbocycles. The fourth-order valence-electron chi connectivity index (χ4n) is 1.52. The third kappa shape index (κ3) is 5.99. The minimum absolute atomic E-state index is 0.00878. The summed E-state index contributed by atoms with van der Waals surface area (Å²) in [5.74, 6) is -0.381. The van der Waals surface area contributed by atoms with Gasteiger partial charge < -0.3 is 10.6 Å². The SMILES string of the molecule is C=CCNC(=O)NC(=O)CN[C@@H](C)c1cccc(Br)c1. The summed E-state index contributed by atoms with van der Waals surface area (Å²) in [5.41, 5.74) is 1.06. The van der Waals surface area contributed by atoms with Crippen LogP contribution in [0.4, 0.5) is 4.79 Å². The van der Waals surface area contributed by atoms with Gasteiger partial charge in [-0.25, -0.2) is 4.79 Å². The van der Waals surface area contributed by atoms with Gasteiger partial charge in [-0.05, 0) is 24.6 Å². The van der Waals surface area contributed by atoms with E-state index in [9.17, 15) is 9.59 Å². The van der Waals surface area contributed by atoms with Crippen LogP contribution < -0.4 is 16.0 Å². The van der Waals surface area contributed by atoms with Crippen molar-refractivity contribution in [2.75, 3.05) is 13.1 Å². The average molecular weight is 340 g/mol. The van der Waals surface area contributed by atoms with E-state index in [2.05, 4.69) is 38.5 Å². The van der Waals surface area contributed by atoms with E-state index in [1.54, 1.807) is 0 Å². The lowest BCUT2D eigenvalue weighted by Gasteiger charge is -2.14. The van der Waals surface area contributed by atoms with Gasteiger partial charge in [0, 0.05) is 17.1 Å². The maximum atomic E-state index is 11.5. The Hall–Kier alpha value is -1.66. The number of urea groups is 1. The summed E-state index contributed by atoms with van der Waals surface area (Å²) >= 11 is 3.40. The van der Waals surface area contributed by atoms with Crippen LogP contribution in [0.15, 0.2) is 41.4 Å². The number of imide groups is 1. The van der Waals surface area contributed by atoms with Crippen LogP contribution in [0.2, 0.25) is 0 Å². The van der Waals surface area contributed by atoms with Crippen molar-refractivity contribution >= 4 is 27.9 Å². The van der Waals surface area contributed by atoms with Crippen LogP contribution >= 0.6 is 15.9 Å². The molecule has 0 saturated heterocycles. The molecule has 0 radical (unpaired) electrons. The summed E-state index contributed by atoms with van der Waals surface area (Å²) in [6.07, 6.45) is 1.54. The Morgan fingerprint density at radius 3 is 2.85 bits per heavy atom. The fraction of sp³-hybridized carbons (Fsp3) is 0.286. The quantitative estimate of drug-likeness (QED) is 0.695. The Bertz CT molecular complexity index is 491. The Morgan fingerprint density at radius 1 is 1.45 bits per heavy atom. The van der Waals surface area contributed by atoms with Gasteiger partial charge in [-0.2, -0.15) is 0 Å².